The van der Waals surface area contributed by atoms with Crippen molar-refractivity contribution in [3.8, 4) is 0 Å². The highest BCUT2D eigenvalue weighted by molar-refractivity contribution is 5.76. The van der Waals surface area contributed by atoms with E-state index in [4.69, 9.17) is 5.73 Å². The third kappa shape index (κ3) is 1.51. The molecule has 2 aromatic heterocycles. The Hall–Kier alpha value is -1.84. The van der Waals surface area contributed by atoms with Crippen molar-refractivity contribution in [2.45, 2.75) is 6.42 Å². The topological polar surface area (TPSA) is 60.4 Å². The van der Waals surface area contributed by atoms with Crippen molar-refractivity contribution >= 4 is 11.6 Å². The molecule has 0 spiro atoms. The lowest BCUT2D eigenvalue weighted by atomic mass is 10.3. The van der Waals surface area contributed by atoms with Gasteiger partial charge in [-0.15, -0.1) is 0 Å². The molecule has 4 heteroatoms. The SMILES string of the molecule is NC(=O)Cc1cn2ccccc2n1. The molecule has 0 aliphatic heterocycles. The fourth-order valence-corrected chi connectivity index (χ4v) is 1.25. The van der Waals surface area contributed by atoms with Crippen LogP contribution in [0.2, 0.25) is 0 Å². The molecule has 66 valence electrons. The molecule has 0 atom stereocenters. The molecule has 2 rings (SSSR count). The zero-order chi connectivity index (χ0) is 9.26. The molecule has 13 heavy (non-hydrogen) atoms. The van der Waals surface area contributed by atoms with Gasteiger partial charge in [0.25, 0.3) is 0 Å². The number of carbonyl (C=O) groups is 1. The van der Waals surface area contributed by atoms with Crippen LogP contribution in [0.3, 0.4) is 0 Å². The van der Waals surface area contributed by atoms with Crippen LogP contribution < -0.4 is 5.73 Å². The molecule has 0 fully saturated rings. The Morgan fingerprint density at radius 1 is 1.54 bits per heavy atom. The molecule has 2 N–H and O–H groups in total. The molecule has 0 aliphatic rings. The van der Waals surface area contributed by atoms with E-state index in [0.717, 1.165) is 5.65 Å². The van der Waals surface area contributed by atoms with Gasteiger partial charge in [-0.3, -0.25) is 4.79 Å². The van der Waals surface area contributed by atoms with Gasteiger partial charge in [-0.2, -0.15) is 0 Å². The molecule has 0 bridgehead atoms. The van der Waals surface area contributed by atoms with Crippen LogP contribution in [-0.4, -0.2) is 15.3 Å². The van der Waals surface area contributed by atoms with Gasteiger partial charge in [-0.25, -0.2) is 4.98 Å². The number of primary amides is 1. The zero-order valence-electron chi connectivity index (χ0n) is 6.97. The first-order chi connectivity index (χ1) is 6.25. The van der Waals surface area contributed by atoms with Crippen molar-refractivity contribution in [1.29, 1.82) is 0 Å². The number of fused-ring (bicyclic) bond motifs is 1. The normalized spacial score (nSPS) is 10.5. The van der Waals surface area contributed by atoms with Crippen LogP contribution >= 0.6 is 0 Å². The zero-order valence-corrected chi connectivity index (χ0v) is 6.97. The smallest absolute Gasteiger partial charge is 0.223 e. The van der Waals surface area contributed by atoms with Crippen LogP contribution in [0, 0.1) is 0 Å². The van der Waals surface area contributed by atoms with E-state index in [2.05, 4.69) is 4.98 Å². The van der Waals surface area contributed by atoms with Gasteiger partial charge >= 0.3 is 0 Å². The van der Waals surface area contributed by atoms with Crippen molar-refractivity contribution in [3.05, 3.63) is 36.3 Å². The van der Waals surface area contributed by atoms with Gasteiger partial charge in [0, 0.05) is 12.4 Å². The molecule has 4 nitrogen and oxygen atoms in total. The summed E-state index contributed by atoms with van der Waals surface area (Å²) in [6, 6.07) is 5.68. The van der Waals surface area contributed by atoms with E-state index >= 15 is 0 Å². The minimum atomic E-state index is -0.358. The first-order valence-electron chi connectivity index (χ1n) is 3.96. The van der Waals surface area contributed by atoms with E-state index < -0.39 is 0 Å². The monoisotopic (exact) mass is 175 g/mol. The molecular weight excluding hydrogens is 166 g/mol. The number of hydrogen-bond donors (Lipinski definition) is 1. The van der Waals surface area contributed by atoms with Crippen LogP contribution in [-0.2, 0) is 11.2 Å². The van der Waals surface area contributed by atoms with E-state index in [0.29, 0.717) is 5.69 Å². The third-order valence-corrected chi connectivity index (χ3v) is 1.77. The van der Waals surface area contributed by atoms with Gasteiger partial charge in [0.05, 0.1) is 12.1 Å². The number of amides is 1. The summed E-state index contributed by atoms with van der Waals surface area (Å²) in [6.45, 7) is 0. The highest BCUT2D eigenvalue weighted by Crippen LogP contribution is 2.04. The highest BCUT2D eigenvalue weighted by Gasteiger charge is 2.02. The van der Waals surface area contributed by atoms with Crippen LogP contribution in [0.4, 0.5) is 0 Å². The Bertz CT molecular complexity index is 414. The van der Waals surface area contributed by atoms with Crippen molar-refractivity contribution in [2.75, 3.05) is 0 Å². The van der Waals surface area contributed by atoms with Crippen LogP contribution in [0.5, 0.6) is 0 Å². The van der Waals surface area contributed by atoms with Crippen molar-refractivity contribution in [1.82, 2.24) is 9.38 Å². The predicted octanol–water partition coefficient (Wildman–Crippen LogP) is 0.362. The van der Waals surface area contributed by atoms with Gasteiger partial charge in [0.15, 0.2) is 0 Å². The van der Waals surface area contributed by atoms with Crippen molar-refractivity contribution < 1.29 is 4.79 Å². The lowest BCUT2D eigenvalue weighted by Gasteiger charge is -1.86. The Morgan fingerprint density at radius 2 is 2.38 bits per heavy atom. The maximum Gasteiger partial charge on any atom is 0.223 e. The Balaban J connectivity index is 2.44. The summed E-state index contributed by atoms with van der Waals surface area (Å²) < 4.78 is 1.86. The van der Waals surface area contributed by atoms with E-state index in [1.54, 1.807) is 6.20 Å². The fraction of sp³-hybridized carbons (Fsp3) is 0.111. The molecule has 0 saturated carbocycles. The summed E-state index contributed by atoms with van der Waals surface area (Å²) >= 11 is 0. The van der Waals surface area contributed by atoms with Crippen molar-refractivity contribution in [3.63, 3.8) is 0 Å². The molecule has 0 unspecified atom stereocenters. The summed E-state index contributed by atoms with van der Waals surface area (Å²) in [5.74, 6) is -0.358. The molecule has 2 aromatic rings. The van der Waals surface area contributed by atoms with Crippen LogP contribution in [0.1, 0.15) is 5.69 Å². The van der Waals surface area contributed by atoms with Crippen LogP contribution in [0.25, 0.3) is 5.65 Å². The summed E-state index contributed by atoms with van der Waals surface area (Å²) in [4.78, 5) is 14.8. The minimum Gasteiger partial charge on any atom is -0.369 e. The van der Waals surface area contributed by atoms with Gasteiger partial charge in [0.2, 0.25) is 5.91 Å². The standard InChI is InChI=1S/C9H9N3O/c10-8(13)5-7-6-12-4-2-1-3-9(12)11-7/h1-4,6H,5H2,(H2,10,13). The van der Waals surface area contributed by atoms with Crippen molar-refractivity contribution in [2.24, 2.45) is 5.73 Å². The predicted molar refractivity (Wildman–Crippen MR) is 48.1 cm³/mol. The lowest BCUT2D eigenvalue weighted by molar-refractivity contribution is -0.117. The second-order valence-corrected chi connectivity index (χ2v) is 2.84. The Morgan fingerprint density at radius 3 is 3.08 bits per heavy atom. The molecule has 1 amide bonds. The molecule has 0 saturated heterocycles. The number of nitrogens with two attached hydrogens (primary N) is 1. The average Bonchev–Trinajstić information content (AvgIpc) is 2.44. The largest absolute Gasteiger partial charge is 0.369 e. The third-order valence-electron chi connectivity index (χ3n) is 1.77. The number of hydrogen-bond acceptors (Lipinski definition) is 2. The molecule has 0 aliphatic carbocycles. The van der Waals surface area contributed by atoms with E-state index in [-0.39, 0.29) is 12.3 Å². The summed E-state index contributed by atoms with van der Waals surface area (Å²) in [7, 11) is 0. The molecule has 0 radical (unpaired) electrons. The number of nitrogens with zero attached hydrogens (tertiary/aromatic N) is 2. The number of aromatic nitrogens is 2. The van der Waals surface area contributed by atoms with Gasteiger partial charge in [-0.05, 0) is 12.1 Å². The highest BCUT2D eigenvalue weighted by atomic mass is 16.1. The Labute approximate surface area is 75.0 Å². The second kappa shape index (κ2) is 2.90. The fourth-order valence-electron chi connectivity index (χ4n) is 1.25. The Kier molecular flexibility index (Phi) is 1.73. The van der Waals surface area contributed by atoms with E-state index in [9.17, 15) is 4.79 Å². The number of imidazole rings is 1. The number of pyridine rings is 1. The maximum atomic E-state index is 10.6. The van der Waals surface area contributed by atoms with Gasteiger partial charge < -0.3 is 10.1 Å². The minimum absolute atomic E-state index is 0.196. The second-order valence-electron chi connectivity index (χ2n) is 2.84. The summed E-state index contributed by atoms with van der Waals surface area (Å²) in [5, 5.41) is 0. The first-order valence-corrected chi connectivity index (χ1v) is 3.96. The van der Waals surface area contributed by atoms with Gasteiger partial charge in [-0.1, -0.05) is 6.07 Å². The number of rotatable bonds is 2. The maximum absolute atomic E-state index is 10.6. The average molecular weight is 175 g/mol. The lowest BCUT2D eigenvalue weighted by Crippen LogP contribution is -2.13. The molecular formula is C9H9N3O. The molecule has 2 heterocycles. The molecule has 0 aromatic carbocycles. The summed E-state index contributed by atoms with van der Waals surface area (Å²) in [5.41, 5.74) is 6.60. The van der Waals surface area contributed by atoms with Crippen LogP contribution in [0.15, 0.2) is 30.6 Å². The number of carbonyl (C=O) groups excluding carboxylic acids is 1. The van der Waals surface area contributed by atoms with E-state index in [1.807, 2.05) is 28.8 Å². The first kappa shape index (κ1) is 7.79. The van der Waals surface area contributed by atoms with E-state index in [1.165, 1.54) is 0 Å². The van der Waals surface area contributed by atoms with Gasteiger partial charge in [0.1, 0.15) is 5.65 Å². The summed E-state index contributed by atoms with van der Waals surface area (Å²) in [6.07, 6.45) is 3.88. The quantitative estimate of drug-likeness (QED) is 0.716.